The molecule has 2 N–H and O–H groups in total. The van der Waals surface area contributed by atoms with Crippen LogP contribution in [0.1, 0.15) is 11.1 Å². The van der Waals surface area contributed by atoms with Gasteiger partial charge < -0.3 is 20.1 Å². The van der Waals surface area contributed by atoms with Crippen LogP contribution in [0.4, 0.5) is 11.4 Å². The quantitative estimate of drug-likeness (QED) is 0.813. The van der Waals surface area contributed by atoms with Gasteiger partial charge in [0.15, 0.2) is 11.5 Å². The summed E-state index contributed by atoms with van der Waals surface area (Å²) in [5.74, 6) is 1.38. The van der Waals surface area contributed by atoms with E-state index in [1.807, 2.05) is 32.0 Å². The van der Waals surface area contributed by atoms with Gasteiger partial charge in [0.25, 0.3) is 0 Å². The van der Waals surface area contributed by atoms with Crippen molar-refractivity contribution in [2.75, 3.05) is 28.9 Å². The molecule has 2 amide bonds. The third kappa shape index (κ3) is 4.70. The number of thioether (sulfide) groups is 1. The van der Waals surface area contributed by atoms with Crippen LogP contribution in [0.15, 0.2) is 36.4 Å². The fourth-order valence-electron chi connectivity index (χ4n) is 2.55. The zero-order valence-electron chi connectivity index (χ0n) is 14.6. The van der Waals surface area contributed by atoms with Gasteiger partial charge in [0.2, 0.25) is 18.6 Å². The Bertz CT molecular complexity index is 838. The first-order valence-corrected chi connectivity index (χ1v) is 9.31. The highest BCUT2D eigenvalue weighted by atomic mass is 32.2. The first kappa shape index (κ1) is 18.1. The SMILES string of the molecule is Cc1ccc(NC(=O)CSCC(=O)Nc2ccc3c(c2)OCO3)c(C)c1. The fourth-order valence-corrected chi connectivity index (χ4v) is 3.17. The van der Waals surface area contributed by atoms with Crippen LogP contribution in [-0.2, 0) is 9.59 Å². The molecule has 0 fully saturated rings. The number of anilines is 2. The van der Waals surface area contributed by atoms with Gasteiger partial charge in [-0.15, -0.1) is 11.8 Å². The summed E-state index contributed by atoms with van der Waals surface area (Å²) in [5.41, 5.74) is 3.60. The van der Waals surface area contributed by atoms with Crippen molar-refractivity contribution in [2.45, 2.75) is 13.8 Å². The number of benzene rings is 2. The lowest BCUT2D eigenvalue weighted by Crippen LogP contribution is -2.18. The normalized spacial score (nSPS) is 11.9. The highest BCUT2D eigenvalue weighted by molar-refractivity contribution is 8.00. The van der Waals surface area contributed by atoms with E-state index in [9.17, 15) is 9.59 Å². The van der Waals surface area contributed by atoms with Crippen LogP contribution in [0, 0.1) is 13.8 Å². The number of nitrogens with one attached hydrogen (secondary N) is 2. The lowest BCUT2D eigenvalue weighted by atomic mass is 10.1. The summed E-state index contributed by atoms with van der Waals surface area (Å²) in [7, 11) is 0. The largest absolute Gasteiger partial charge is 0.454 e. The number of hydrogen-bond donors (Lipinski definition) is 2. The number of ether oxygens (including phenoxy) is 2. The summed E-state index contributed by atoms with van der Waals surface area (Å²) in [4.78, 5) is 24.0. The molecule has 0 saturated carbocycles. The van der Waals surface area contributed by atoms with Gasteiger partial charge in [-0.25, -0.2) is 0 Å². The summed E-state index contributed by atoms with van der Waals surface area (Å²) >= 11 is 1.26. The van der Waals surface area contributed by atoms with Crippen LogP contribution < -0.4 is 20.1 Å². The van der Waals surface area contributed by atoms with E-state index in [1.165, 1.54) is 11.8 Å². The van der Waals surface area contributed by atoms with Crippen molar-refractivity contribution in [1.29, 1.82) is 0 Å². The minimum atomic E-state index is -0.173. The third-order valence-electron chi connectivity index (χ3n) is 3.78. The van der Waals surface area contributed by atoms with Crippen LogP contribution in [0.3, 0.4) is 0 Å². The molecule has 0 radical (unpaired) electrons. The maximum Gasteiger partial charge on any atom is 0.234 e. The molecule has 1 aliphatic heterocycles. The molecule has 6 nitrogen and oxygen atoms in total. The van der Waals surface area contributed by atoms with Gasteiger partial charge in [-0.1, -0.05) is 17.7 Å². The number of carbonyl (C=O) groups is 2. The lowest BCUT2D eigenvalue weighted by molar-refractivity contribution is -0.114. The van der Waals surface area contributed by atoms with Gasteiger partial charge in [-0.05, 0) is 37.6 Å². The summed E-state index contributed by atoms with van der Waals surface area (Å²) in [6.07, 6.45) is 0. The van der Waals surface area contributed by atoms with Crippen molar-refractivity contribution in [3.63, 3.8) is 0 Å². The Labute approximate surface area is 156 Å². The fraction of sp³-hybridized carbons (Fsp3) is 0.263. The van der Waals surface area contributed by atoms with Gasteiger partial charge in [0.05, 0.1) is 11.5 Å². The molecule has 0 unspecified atom stereocenters. The Hall–Kier alpha value is -2.67. The average molecular weight is 372 g/mol. The molecule has 0 bridgehead atoms. The van der Waals surface area contributed by atoms with Crippen LogP contribution >= 0.6 is 11.8 Å². The van der Waals surface area contributed by atoms with Crippen LogP contribution in [0.25, 0.3) is 0 Å². The molecule has 3 rings (SSSR count). The van der Waals surface area contributed by atoms with E-state index in [0.717, 1.165) is 16.8 Å². The Morgan fingerprint density at radius 1 is 0.962 bits per heavy atom. The summed E-state index contributed by atoms with van der Waals surface area (Å²) < 4.78 is 10.5. The molecular formula is C19H20N2O4S. The average Bonchev–Trinajstić information content (AvgIpc) is 3.05. The van der Waals surface area contributed by atoms with E-state index in [-0.39, 0.29) is 30.1 Å². The van der Waals surface area contributed by atoms with Crippen molar-refractivity contribution >= 4 is 35.0 Å². The first-order valence-electron chi connectivity index (χ1n) is 8.15. The summed E-state index contributed by atoms with van der Waals surface area (Å²) in [6.45, 7) is 4.15. The third-order valence-corrected chi connectivity index (χ3v) is 4.71. The Morgan fingerprint density at radius 3 is 2.46 bits per heavy atom. The monoisotopic (exact) mass is 372 g/mol. The zero-order chi connectivity index (χ0) is 18.5. The molecule has 136 valence electrons. The highest BCUT2D eigenvalue weighted by Crippen LogP contribution is 2.34. The second-order valence-corrected chi connectivity index (χ2v) is 6.96. The Kier molecular flexibility index (Phi) is 5.68. The molecule has 0 atom stereocenters. The number of hydrogen-bond acceptors (Lipinski definition) is 5. The van der Waals surface area contributed by atoms with Crippen molar-refractivity contribution in [1.82, 2.24) is 0 Å². The van der Waals surface area contributed by atoms with Crippen LogP contribution in [0.5, 0.6) is 11.5 Å². The van der Waals surface area contributed by atoms with E-state index >= 15 is 0 Å². The molecule has 0 saturated heterocycles. The van der Waals surface area contributed by atoms with Gasteiger partial charge in [0, 0.05) is 17.4 Å². The van der Waals surface area contributed by atoms with E-state index in [0.29, 0.717) is 17.2 Å². The van der Waals surface area contributed by atoms with E-state index in [2.05, 4.69) is 10.6 Å². The van der Waals surface area contributed by atoms with Crippen molar-refractivity contribution < 1.29 is 19.1 Å². The van der Waals surface area contributed by atoms with Gasteiger partial charge in [-0.3, -0.25) is 9.59 Å². The van der Waals surface area contributed by atoms with Crippen molar-refractivity contribution in [2.24, 2.45) is 0 Å². The minimum absolute atomic E-state index is 0.127. The van der Waals surface area contributed by atoms with Crippen LogP contribution in [0.2, 0.25) is 0 Å². The molecule has 7 heteroatoms. The number of amides is 2. The van der Waals surface area contributed by atoms with Crippen LogP contribution in [-0.4, -0.2) is 30.1 Å². The maximum atomic E-state index is 12.0. The molecule has 1 heterocycles. The van der Waals surface area contributed by atoms with Gasteiger partial charge in [0.1, 0.15) is 0 Å². The number of carbonyl (C=O) groups excluding carboxylic acids is 2. The molecule has 0 spiro atoms. The van der Waals surface area contributed by atoms with E-state index in [4.69, 9.17) is 9.47 Å². The van der Waals surface area contributed by atoms with Crippen molar-refractivity contribution in [3.8, 4) is 11.5 Å². The maximum absolute atomic E-state index is 12.0. The zero-order valence-corrected chi connectivity index (χ0v) is 15.4. The minimum Gasteiger partial charge on any atom is -0.454 e. The molecule has 0 aliphatic carbocycles. The predicted molar refractivity (Wildman–Crippen MR) is 103 cm³/mol. The highest BCUT2D eigenvalue weighted by Gasteiger charge is 2.14. The second kappa shape index (κ2) is 8.14. The molecule has 1 aliphatic rings. The first-order chi connectivity index (χ1) is 12.5. The topological polar surface area (TPSA) is 76.7 Å². The Morgan fingerprint density at radius 2 is 1.69 bits per heavy atom. The summed E-state index contributed by atoms with van der Waals surface area (Å²) in [6, 6.07) is 11.1. The van der Waals surface area contributed by atoms with Crippen molar-refractivity contribution in [3.05, 3.63) is 47.5 Å². The van der Waals surface area contributed by atoms with E-state index in [1.54, 1.807) is 18.2 Å². The molecule has 26 heavy (non-hydrogen) atoms. The molecule has 0 aromatic heterocycles. The predicted octanol–water partition coefficient (Wildman–Crippen LogP) is 3.34. The number of aryl methyl sites for hydroxylation is 2. The lowest BCUT2D eigenvalue weighted by Gasteiger charge is -2.09. The standard InChI is InChI=1S/C19H20N2O4S/c1-12-3-5-15(13(2)7-12)21-19(23)10-26-9-18(22)20-14-4-6-16-17(8-14)25-11-24-16/h3-8H,9-11H2,1-2H3,(H,20,22)(H,21,23). The van der Waals surface area contributed by atoms with Gasteiger partial charge in [-0.2, -0.15) is 0 Å². The molecule has 2 aromatic rings. The van der Waals surface area contributed by atoms with Gasteiger partial charge >= 0.3 is 0 Å². The molecule has 2 aromatic carbocycles. The number of rotatable bonds is 6. The summed E-state index contributed by atoms with van der Waals surface area (Å²) in [5, 5.41) is 5.65. The second-order valence-electron chi connectivity index (χ2n) is 5.98. The smallest absolute Gasteiger partial charge is 0.234 e. The van der Waals surface area contributed by atoms with E-state index < -0.39 is 0 Å². The number of fused-ring (bicyclic) bond motifs is 1. The molecular weight excluding hydrogens is 352 g/mol. The Balaban J connectivity index is 1.42.